The van der Waals surface area contributed by atoms with Crippen LogP contribution in [0.4, 0.5) is 0 Å². The molecule has 0 fully saturated rings. The van der Waals surface area contributed by atoms with Crippen LogP contribution in [0.25, 0.3) is 82.1 Å². The fourth-order valence-corrected chi connectivity index (χ4v) is 15.2. The van der Waals surface area contributed by atoms with Crippen LogP contribution in [0.1, 0.15) is 0 Å². The lowest BCUT2D eigenvalue weighted by Gasteiger charge is -2.35. The lowest BCUT2D eigenvalue weighted by Crippen LogP contribution is -2.74. The van der Waals surface area contributed by atoms with Crippen LogP contribution in [0, 0.1) is 0 Å². The molecule has 0 saturated carbocycles. The summed E-state index contributed by atoms with van der Waals surface area (Å²) in [5.74, 6) is 0. The molecule has 0 aliphatic carbocycles. The summed E-state index contributed by atoms with van der Waals surface area (Å²) in [5, 5.41) is 15.7. The summed E-state index contributed by atoms with van der Waals surface area (Å²) >= 11 is 0. The van der Waals surface area contributed by atoms with E-state index in [1.165, 1.54) is 97.1 Å². The van der Waals surface area contributed by atoms with Gasteiger partial charge in [0.2, 0.25) is 0 Å². The maximum atomic E-state index is 2.48. The van der Waals surface area contributed by atoms with E-state index in [1.807, 2.05) is 0 Å². The van der Waals surface area contributed by atoms with Crippen molar-refractivity contribution in [3.63, 3.8) is 0 Å². The Labute approximate surface area is 362 Å². The van der Waals surface area contributed by atoms with E-state index < -0.39 is 8.07 Å². The molecule has 12 aromatic rings. The van der Waals surface area contributed by atoms with Crippen molar-refractivity contribution < 1.29 is 0 Å². The molecule has 62 heavy (non-hydrogen) atoms. The predicted octanol–water partition coefficient (Wildman–Crippen LogP) is 13.0. The van der Waals surface area contributed by atoms with E-state index >= 15 is 0 Å². The van der Waals surface area contributed by atoms with Gasteiger partial charge in [-0.25, -0.2) is 0 Å². The van der Waals surface area contributed by atoms with E-state index in [-0.39, 0.29) is 0 Å². The Morgan fingerprint density at radius 3 is 1.24 bits per heavy atom. The van der Waals surface area contributed by atoms with Crippen LogP contribution in [0.2, 0.25) is 0 Å². The van der Waals surface area contributed by atoms with Crippen molar-refractivity contribution in [2.45, 2.75) is 0 Å². The minimum atomic E-state index is -2.95. The van der Waals surface area contributed by atoms with E-state index in [0.29, 0.717) is 0 Å². The number of para-hydroxylation sites is 1. The lowest BCUT2D eigenvalue weighted by molar-refractivity contribution is 1.18. The second-order valence-electron chi connectivity index (χ2n) is 16.4. The van der Waals surface area contributed by atoms with Gasteiger partial charge in [-0.1, -0.05) is 224 Å². The van der Waals surface area contributed by atoms with Gasteiger partial charge in [0.15, 0.2) is 8.07 Å². The molecule has 0 N–H and O–H groups in total. The molecular weight excluding hydrogens is 763 g/mol. The van der Waals surface area contributed by atoms with Gasteiger partial charge in [0.25, 0.3) is 0 Å². The van der Waals surface area contributed by atoms with Crippen molar-refractivity contribution in [3.05, 3.63) is 249 Å². The molecule has 0 bridgehead atoms. The van der Waals surface area contributed by atoms with E-state index in [4.69, 9.17) is 0 Å². The summed E-state index contributed by atoms with van der Waals surface area (Å²) in [6.07, 6.45) is 0. The number of aromatic nitrogens is 1. The fourth-order valence-electron chi connectivity index (χ4n) is 10.4. The van der Waals surface area contributed by atoms with Crippen molar-refractivity contribution in [1.29, 1.82) is 0 Å². The molecule has 1 nitrogen and oxygen atoms in total. The highest BCUT2D eigenvalue weighted by Crippen LogP contribution is 2.43. The van der Waals surface area contributed by atoms with E-state index in [0.717, 1.165) is 5.69 Å². The van der Waals surface area contributed by atoms with Gasteiger partial charge in [0, 0.05) is 21.8 Å². The Morgan fingerprint density at radius 1 is 0.242 bits per heavy atom. The molecule has 2 heteroatoms. The normalized spacial score (nSPS) is 11.9. The number of benzene rings is 11. The summed E-state index contributed by atoms with van der Waals surface area (Å²) in [5.41, 5.74) is 8.46. The number of hydrogen-bond donors (Lipinski definition) is 0. The van der Waals surface area contributed by atoms with Crippen LogP contribution >= 0.6 is 0 Å². The van der Waals surface area contributed by atoms with Gasteiger partial charge in [-0.05, 0) is 94.2 Å². The molecular formula is C60H41NSi. The van der Waals surface area contributed by atoms with Gasteiger partial charge >= 0.3 is 0 Å². The summed E-state index contributed by atoms with van der Waals surface area (Å²) in [6.45, 7) is 0. The molecule has 0 saturated heterocycles. The topological polar surface area (TPSA) is 4.93 Å². The van der Waals surface area contributed by atoms with Crippen LogP contribution in [-0.2, 0) is 0 Å². The summed E-state index contributed by atoms with van der Waals surface area (Å²) in [6, 6.07) is 92.6. The van der Waals surface area contributed by atoms with Gasteiger partial charge in [-0.3, -0.25) is 0 Å². The molecule has 290 valence electrons. The molecule has 0 radical (unpaired) electrons. The van der Waals surface area contributed by atoms with Crippen LogP contribution < -0.4 is 20.7 Å². The van der Waals surface area contributed by atoms with E-state index in [1.54, 1.807) is 0 Å². The van der Waals surface area contributed by atoms with Crippen molar-refractivity contribution in [2.75, 3.05) is 0 Å². The third-order valence-corrected chi connectivity index (χ3v) is 17.9. The highest BCUT2D eigenvalue weighted by Gasteiger charge is 2.42. The first-order valence-electron chi connectivity index (χ1n) is 21.5. The second kappa shape index (κ2) is 14.7. The Balaban J connectivity index is 1.12. The van der Waals surface area contributed by atoms with Crippen LogP contribution in [-0.4, -0.2) is 12.6 Å². The number of fused-ring (bicyclic) bond motifs is 10. The maximum absolute atomic E-state index is 2.95. The molecule has 0 amide bonds. The van der Waals surface area contributed by atoms with Gasteiger partial charge in [-0.15, -0.1) is 0 Å². The molecule has 12 rings (SSSR count). The fraction of sp³-hybridized carbons (Fsp3) is 0. The van der Waals surface area contributed by atoms with Crippen LogP contribution in [0.15, 0.2) is 249 Å². The van der Waals surface area contributed by atoms with Crippen molar-refractivity contribution in [1.82, 2.24) is 4.57 Å². The van der Waals surface area contributed by atoms with Crippen molar-refractivity contribution in [3.8, 4) is 27.9 Å². The second-order valence-corrected chi connectivity index (χ2v) is 20.2. The average molecular weight is 804 g/mol. The summed E-state index contributed by atoms with van der Waals surface area (Å²) < 4.78 is 2.48. The maximum Gasteiger partial charge on any atom is 0.179 e. The summed E-state index contributed by atoms with van der Waals surface area (Å²) in [4.78, 5) is 0. The molecule has 0 atom stereocenters. The highest BCUT2D eigenvalue weighted by molar-refractivity contribution is 7.20. The Hall–Kier alpha value is -7.78. The molecule has 0 aliphatic rings. The standard InChI is InChI=1S/C60H41NSi/c1-4-18-42(19-5-1)44-22-16-26-49(40-44)62(47-24-8-3-9-25-47,50-27-17-23-45(41-50)43-20-6-2-7-21-43)48-36-34-46(35-37-48)61-57-33-15-14-32-56(57)60-58(61)39-38-55-53-30-11-10-28-51(53)52-29-12-13-31-54(52)59(55)60/h1-41H. The first kappa shape index (κ1) is 36.1. The smallest absolute Gasteiger partial charge is 0.179 e. The van der Waals surface area contributed by atoms with E-state index in [2.05, 4.69) is 253 Å². The van der Waals surface area contributed by atoms with E-state index in [9.17, 15) is 0 Å². The zero-order valence-corrected chi connectivity index (χ0v) is 35.1. The third kappa shape index (κ3) is 5.61. The van der Waals surface area contributed by atoms with Gasteiger partial charge < -0.3 is 4.57 Å². The Morgan fingerprint density at radius 2 is 0.661 bits per heavy atom. The SMILES string of the molecule is c1ccc(-c2cccc([Si](c3ccccc3)(c3ccc(-n4c5ccccc5c5c6c7ccccc7c7ccccc7c6ccc54)cc3)c3cccc(-c4ccccc4)c3)c2)cc1. The highest BCUT2D eigenvalue weighted by atomic mass is 28.3. The molecule has 1 heterocycles. The number of rotatable bonds is 7. The summed E-state index contributed by atoms with van der Waals surface area (Å²) in [7, 11) is -2.95. The average Bonchev–Trinajstić information content (AvgIpc) is 3.70. The monoisotopic (exact) mass is 803 g/mol. The predicted molar refractivity (Wildman–Crippen MR) is 268 cm³/mol. The van der Waals surface area contributed by atoms with Crippen molar-refractivity contribution >= 4 is 82.9 Å². The number of nitrogens with zero attached hydrogens (tertiary/aromatic N) is 1. The van der Waals surface area contributed by atoms with Crippen LogP contribution in [0.5, 0.6) is 0 Å². The minimum absolute atomic E-state index is 1.15. The Kier molecular flexibility index (Phi) is 8.58. The molecule has 0 spiro atoms. The van der Waals surface area contributed by atoms with Crippen LogP contribution in [0.3, 0.4) is 0 Å². The van der Waals surface area contributed by atoms with Gasteiger partial charge in [0.05, 0.1) is 11.0 Å². The van der Waals surface area contributed by atoms with Gasteiger partial charge in [-0.2, -0.15) is 0 Å². The third-order valence-electron chi connectivity index (χ3n) is 13.1. The van der Waals surface area contributed by atoms with Gasteiger partial charge in [0.1, 0.15) is 0 Å². The number of hydrogen-bond acceptors (Lipinski definition) is 0. The van der Waals surface area contributed by atoms with Crippen molar-refractivity contribution in [2.24, 2.45) is 0 Å². The zero-order chi connectivity index (χ0) is 41.0. The molecule has 11 aromatic carbocycles. The zero-order valence-electron chi connectivity index (χ0n) is 34.1. The largest absolute Gasteiger partial charge is 0.309 e. The quantitative estimate of drug-likeness (QED) is 0.0859. The first-order valence-corrected chi connectivity index (χ1v) is 23.5. The molecule has 0 aliphatic heterocycles. The minimum Gasteiger partial charge on any atom is -0.309 e. The Bertz CT molecular complexity index is 3490. The molecule has 0 unspecified atom stereocenters. The first-order chi connectivity index (χ1) is 30.8. The lowest BCUT2D eigenvalue weighted by atomic mass is 9.92. The molecule has 1 aromatic heterocycles.